The summed E-state index contributed by atoms with van der Waals surface area (Å²) in [6.45, 7) is 11.5. The van der Waals surface area contributed by atoms with Crippen molar-refractivity contribution in [2.45, 2.75) is 19.8 Å². The Kier molecular flexibility index (Phi) is 6.08. The van der Waals surface area contributed by atoms with Gasteiger partial charge < -0.3 is 10.1 Å². The third-order valence-electron chi connectivity index (χ3n) is 4.48. The number of esters is 1. The number of benzene rings is 2. The van der Waals surface area contributed by atoms with Crippen LogP contribution in [0.25, 0.3) is 10.5 Å². The molecule has 4 nitrogen and oxygen atoms in total. The molecule has 0 fully saturated rings. The normalized spacial score (nSPS) is 16.5. The van der Waals surface area contributed by atoms with E-state index < -0.39 is 11.9 Å². The Bertz CT molecular complexity index is 1020. The molecule has 1 unspecified atom stereocenters. The third-order valence-corrected chi connectivity index (χ3v) is 5.04. The van der Waals surface area contributed by atoms with Crippen LogP contribution in [0, 0.1) is 6.57 Å². The number of rotatable bonds is 4. The first kappa shape index (κ1) is 20.0. The van der Waals surface area contributed by atoms with Crippen LogP contribution in [-0.4, -0.2) is 12.6 Å². The smallest absolute Gasteiger partial charge is 0.335 e. The zero-order chi connectivity index (χ0) is 20.3. The highest BCUT2D eigenvalue weighted by Gasteiger charge is 2.37. The van der Waals surface area contributed by atoms with Crippen LogP contribution in [-0.2, 0) is 9.53 Å². The molecule has 1 aliphatic rings. The molecular weight excluding hydrogens is 395 g/mol. The minimum Gasteiger partial charge on any atom is -0.463 e. The minimum absolute atomic E-state index is 0.224. The molecule has 2 aromatic rings. The van der Waals surface area contributed by atoms with Crippen LogP contribution >= 0.6 is 23.2 Å². The summed E-state index contributed by atoms with van der Waals surface area (Å²) in [6.07, 6.45) is 0. The Morgan fingerprint density at radius 2 is 1.93 bits per heavy atom. The van der Waals surface area contributed by atoms with Crippen molar-refractivity contribution in [3.8, 4) is 0 Å². The predicted molar refractivity (Wildman–Crippen MR) is 112 cm³/mol. The highest BCUT2D eigenvalue weighted by Crippen LogP contribution is 2.44. The number of carbonyl (C=O) groups is 1. The van der Waals surface area contributed by atoms with Gasteiger partial charge in [-0.2, -0.15) is 0 Å². The Hall–Kier alpha value is -2.74. The SMILES string of the molecule is [C-]#[N+]C1=C(C)NC(c2ccccc2)=C(C(=O)OCC)C1c1ccc(Cl)cc1Cl. The predicted octanol–water partition coefficient (Wildman–Crippen LogP) is 5.81. The zero-order valence-electron chi connectivity index (χ0n) is 15.4. The van der Waals surface area contributed by atoms with E-state index in [4.69, 9.17) is 34.5 Å². The quantitative estimate of drug-likeness (QED) is 0.509. The molecule has 1 atom stereocenters. The highest BCUT2D eigenvalue weighted by atomic mass is 35.5. The average Bonchev–Trinajstić information content (AvgIpc) is 2.68. The van der Waals surface area contributed by atoms with Crippen molar-refractivity contribution in [2.75, 3.05) is 6.61 Å². The van der Waals surface area contributed by atoms with E-state index in [9.17, 15) is 4.79 Å². The topological polar surface area (TPSA) is 42.7 Å². The molecule has 0 bridgehead atoms. The Balaban J connectivity index is 2.31. The average molecular weight is 413 g/mol. The summed E-state index contributed by atoms with van der Waals surface area (Å²) in [7, 11) is 0. The zero-order valence-corrected chi connectivity index (χ0v) is 16.9. The van der Waals surface area contributed by atoms with Crippen LogP contribution in [0.3, 0.4) is 0 Å². The molecule has 1 heterocycles. The molecule has 6 heteroatoms. The Morgan fingerprint density at radius 3 is 2.54 bits per heavy atom. The van der Waals surface area contributed by atoms with Crippen LogP contribution in [0.5, 0.6) is 0 Å². The molecule has 142 valence electrons. The van der Waals surface area contributed by atoms with E-state index in [1.165, 1.54) is 0 Å². The van der Waals surface area contributed by atoms with Crippen molar-refractivity contribution in [2.24, 2.45) is 0 Å². The molecule has 0 aliphatic carbocycles. The van der Waals surface area contributed by atoms with Crippen molar-refractivity contribution in [3.63, 3.8) is 0 Å². The van der Waals surface area contributed by atoms with E-state index in [-0.39, 0.29) is 6.61 Å². The first-order valence-electron chi connectivity index (χ1n) is 8.74. The summed E-state index contributed by atoms with van der Waals surface area (Å²) >= 11 is 12.5. The summed E-state index contributed by atoms with van der Waals surface area (Å²) in [4.78, 5) is 16.7. The lowest BCUT2D eigenvalue weighted by Crippen LogP contribution is -2.28. The molecule has 0 saturated heterocycles. The summed E-state index contributed by atoms with van der Waals surface area (Å²) in [5, 5.41) is 4.10. The molecule has 28 heavy (non-hydrogen) atoms. The van der Waals surface area contributed by atoms with Gasteiger partial charge in [0.25, 0.3) is 0 Å². The molecule has 3 rings (SSSR count). The van der Waals surface area contributed by atoms with Gasteiger partial charge in [-0.05, 0) is 37.1 Å². The monoisotopic (exact) mass is 412 g/mol. The number of dihydropyridines is 1. The van der Waals surface area contributed by atoms with E-state index in [0.717, 1.165) is 5.56 Å². The van der Waals surface area contributed by atoms with Gasteiger partial charge in [-0.1, -0.05) is 59.6 Å². The molecule has 0 amide bonds. The highest BCUT2D eigenvalue weighted by molar-refractivity contribution is 6.35. The second kappa shape index (κ2) is 8.52. The maximum Gasteiger partial charge on any atom is 0.335 e. The number of carbonyl (C=O) groups excluding carboxylic acids is 1. The van der Waals surface area contributed by atoms with Gasteiger partial charge in [-0.3, -0.25) is 0 Å². The van der Waals surface area contributed by atoms with E-state index in [2.05, 4.69) is 10.2 Å². The largest absolute Gasteiger partial charge is 0.463 e. The summed E-state index contributed by atoms with van der Waals surface area (Å²) < 4.78 is 5.35. The third kappa shape index (κ3) is 3.77. The molecule has 0 spiro atoms. The van der Waals surface area contributed by atoms with Gasteiger partial charge >= 0.3 is 5.97 Å². The fourth-order valence-electron chi connectivity index (χ4n) is 3.26. The second-order valence-corrected chi connectivity index (χ2v) is 7.06. The maximum absolute atomic E-state index is 13.0. The lowest BCUT2D eigenvalue weighted by molar-refractivity contribution is -0.138. The number of hydrogen-bond acceptors (Lipinski definition) is 3. The summed E-state index contributed by atoms with van der Waals surface area (Å²) in [5.74, 6) is -1.14. The number of ether oxygens (including phenoxy) is 1. The molecule has 1 aliphatic heterocycles. The van der Waals surface area contributed by atoms with Crippen LogP contribution in [0.4, 0.5) is 0 Å². The Morgan fingerprint density at radius 1 is 1.21 bits per heavy atom. The summed E-state index contributed by atoms with van der Waals surface area (Å²) in [5.41, 5.74) is 3.48. The van der Waals surface area contributed by atoms with Gasteiger partial charge in [0.1, 0.15) is 0 Å². The first-order chi connectivity index (χ1) is 13.5. The molecule has 2 aromatic carbocycles. The number of halogens is 2. The number of hydrogen-bond donors (Lipinski definition) is 1. The van der Waals surface area contributed by atoms with Crippen LogP contribution in [0.2, 0.25) is 10.0 Å². The van der Waals surface area contributed by atoms with Gasteiger partial charge in [-0.25, -0.2) is 9.64 Å². The standard InChI is InChI=1S/C22H18Cl2N2O2/c1-4-28-22(27)19-18(16-11-10-15(23)12-17(16)24)20(25-3)13(2)26-21(19)14-8-6-5-7-9-14/h5-12,18,26H,4H2,1-2H3. The van der Waals surface area contributed by atoms with E-state index in [0.29, 0.717) is 38.3 Å². The van der Waals surface area contributed by atoms with Crippen molar-refractivity contribution in [1.29, 1.82) is 0 Å². The second-order valence-electron chi connectivity index (χ2n) is 6.22. The first-order valence-corrected chi connectivity index (χ1v) is 9.50. The molecule has 1 N–H and O–H groups in total. The van der Waals surface area contributed by atoms with Gasteiger partial charge in [0.2, 0.25) is 0 Å². The van der Waals surface area contributed by atoms with Crippen molar-refractivity contribution >= 4 is 34.9 Å². The number of nitrogens with zero attached hydrogens (tertiary/aromatic N) is 1. The minimum atomic E-state index is -0.655. The van der Waals surface area contributed by atoms with Crippen LogP contribution < -0.4 is 5.32 Å². The van der Waals surface area contributed by atoms with Crippen molar-refractivity contribution < 1.29 is 9.53 Å². The lowest BCUT2D eigenvalue weighted by atomic mass is 9.82. The molecule has 0 saturated carbocycles. The Labute approximate surface area is 174 Å². The van der Waals surface area contributed by atoms with E-state index in [1.807, 2.05) is 37.3 Å². The molecule has 0 radical (unpaired) electrons. The van der Waals surface area contributed by atoms with Crippen molar-refractivity contribution in [3.05, 3.63) is 98.1 Å². The molecular formula is C22H18Cl2N2O2. The van der Waals surface area contributed by atoms with Gasteiger partial charge in [0, 0.05) is 15.7 Å². The van der Waals surface area contributed by atoms with Gasteiger partial charge in [-0.15, -0.1) is 0 Å². The van der Waals surface area contributed by atoms with Gasteiger partial charge in [0.05, 0.1) is 30.4 Å². The number of allylic oxidation sites excluding steroid dienone is 2. The van der Waals surface area contributed by atoms with E-state index in [1.54, 1.807) is 25.1 Å². The number of nitrogens with one attached hydrogen (secondary N) is 1. The fourth-order valence-corrected chi connectivity index (χ4v) is 3.78. The van der Waals surface area contributed by atoms with E-state index >= 15 is 0 Å². The lowest BCUT2D eigenvalue weighted by Gasteiger charge is -2.30. The van der Waals surface area contributed by atoms with Crippen LogP contribution in [0.1, 0.15) is 30.9 Å². The maximum atomic E-state index is 13.0. The van der Waals surface area contributed by atoms with Crippen molar-refractivity contribution in [1.82, 2.24) is 5.32 Å². The summed E-state index contributed by atoms with van der Waals surface area (Å²) in [6, 6.07) is 14.5. The van der Waals surface area contributed by atoms with Gasteiger partial charge in [0.15, 0.2) is 5.70 Å². The van der Waals surface area contributed by atoms with Crippen LogP contribution in [0.15, 0.2) is 65.5 Å². The fraction of sp³-hybridized carbons (Fsp3) is 0.182. The molecule has 0 aromatic heterocycles.